The Labute approximate surface area is 172 Å². The zero-order valence-electron chi connectivity index (χ0n) is 16.4. The number of rotatable bonds is 7. The lowest BCUT2D eigenvalue weighted by molar-refractivity contribution is 0.0939. The summed E-state index contributed by atoms with van der Waals surface area (Å²) in [6.45, 7) is 3.96. The smallest absolute Gasteiger partial charge is 0.264 e. The van der Waals surface area contributed by atoms with Crippen molar-refractivity contribution in [3.8, 4) is 0 Å². The van der Waals surface area contributed by atoms with Crippen LogP contribution < -0.4 is 9.62 Å². The Morgan fingerprint density at radius 3 is 2.17 bits per heavy atom. The lowest BCUT2D eigenvalue weighted by Gasteiger charge is -2.23. The van der Waals surface area contributed by atoms with Crippen LogP contribution in [-0.2, 0) is 10.0 Å². The van der Waals surface area contributed by atoms with Crippen LogP contribution in [0.25, 0.3) is 0 Å². The second-order valence-corrected chi connectivity index (χ2v) is 8.50. The van der Waals surface area contributed by atoms with Crippen LogP contribution in [0.3, 0.4) is 0 Å². The molecule has 0 aliphatic carbocycles. The first-order valence-corrected chi connectivity index (χ1v) is 10.9. The van der Waals surface area contributed by atoms with Gasteiger partial charge >= 0.3 is 0 Å². The summed E-state index contributed by atoms with van der Waals surface area (Å²) in [7, 11) is -3.79. The average molecular weight is 409 g/mol. The van der Waals surface area contributed by atoms with E-state index in [-0.39, 0.29) is 23.4 Å². The number of hydrogen-bond donors (Lipinski definition) is 1. The molecule has 0 saturated carbocycles. The van der Waals surface area contributed by atoms with Crippen molar-refractivity contribution in [2.24, 2.45) is 0 Å². The summed E-state index contributed by atoms with van der Waals surface area (Å²) in [5.41, 5.74) is 1.87. The second kappa shape index (κ2) is 8.92. The van der Waals surface area contributed by atoms with Gasteiger partial charge < -0.3 is 5.32 Å². The van der Waals surface area contributed by atoms with Gasteiger partial charge in [0.15, 0.2) is 0 Å². The van der Waals surface area contributed by atoms with E-state index in [1.807, 2.05) is 43.3 Å². The Morgan fingerprint density at radius 1 is 0.931 bits per heavy atom. The number of hydrogen-bond acceptors (Lipinski definition) is 3. The van der Waals surface area contributed by atoms with Gasteiger partial charge in [-0.2, -0.15) is 0 Å². The van der Waals surface area contributed by atoms with Crippen molar-refractivity contribution in [1.29, 1.82) is 0 Å². The van der Waals surface area contributed by atoms with Crippen LogP contribution >= 0.6 is 0 Å². The van der Waals surface area contributed by atoms with Gasteiger partial charge in [-0.25, -0.2) is 8.42 Å². The topological polar surface area (TPSA) is 66.5 Å². The maximum atomic E-state index is 13.2. The van der Waals surface area contributed by atoms with Gasteiger partial charge in [-0.15, -0.1) is 0 Å². The van der Waals surface area contributed by atoms with Crippen molar-refractivity contribution in [1.82, 2.24) is 5.32 Å². The van der Waals surface area contributed by atoms with Crippen molar-refractivity contribution in [3.63, 3.8) is 0 Å². The molecule has 5 nitrogen and oxygen atoms in total. The molecule has 1 unspecified atom stereocenters. The van der Waals surface area contributed by atoms with E-state index in [4.69, 9.17) is 0 Å². The standard InChI is InChI=1S/C23H24N2O3S/c1-3-25(21-14-8-5-9-15-21)29(27,28)22-16-10-13-20(17-22)23(26)24-18(2)19-11-6-4-7-12-19/h4-18H,3H2,1-2H3,(H,24,26). The Balaban J connectivity index is 1.85. The van der Waals surface area contributed by atoms with Crippen molar-refractivity contribution in [3.05, 3.63) is 96.1 Å². The minimum atomic E-state index is -3.79. The molecule has 3 rings (SSSR count). The van der Waals surface area contributed by atoms with Gasteiger partial charge in [0.2, 0.25) is 0 Å². The highest BCUT2D eigenvalue weighted by molar-refractivity contribution is 7.92. The third-order valence-corrected chi connectivity index (χ3v) is 6.56. The van der Waals surface area contributed by atoms with E-state index in [9.17, 15) is 13.2 Å². The molecule has 150 valence electrons. The molecule has 1 atom stereocenters. The molecule has 0 heterocycles. The number of benzene rings is 3. The van der Waals surface area contributed by atoms with E-state index in [2.05, 4.69) is 5.32 Å². The molecule has 0 aliphatic heterocycles. The van der Waals surface area contributed by atoms with Gasteiger partial charge in [0, 0.05) is 12.1 Å². The molecule has 0 saturated heterocycles. The zero-order chi connectivity index (χ0) is 20.9. The van der Waals surface area contributed by atoms with Crippen molar-refractivity contribution in [2.45, 2.75) is 24.8 Å². The molecule has 3 aromatic rings. The predicted octanol–water partition coefficient (Wildman–Crippen LogP) is 4.39. The highest BCUT2D eigenvalue weighted by atomic mass is 32.2. The molecule has 0 aromatic heterocycles. The minimum absolute atomic E-state index is 0.0863. The highest BCUT2D eigenvalue weighted by Gasteiger charge is 2.24. The summed E-state index contributed by atoms with van der Waals surface area (Å²) in [5.74, 6) is -0.318. The molecular weight excluding hydrogens is 384 g/mol. The molecule has 29 heavy (non-hydrogen) atoms. The van der Waals surface area contributed by atoms with E-state index in [1.165, 1.54) is 16.4 Å². The highest BCUT2D eigenvalue weighted by Crippen LogP contribution is 2.24. The summed E-state index contributed by atoms with van der Waals surface area (Å²) in [6, 6.07) is 24.5. The molecule has 0 radical (unpaired) electrons. The van der Waals surface area contributed by atoms with Crippen LogP contribution in [0.4, 0.5) is 5.69 Å². The number of anilines is 1. The van der Waals surface area contributed by atoms with E-state index < -0.39 is 10.0 Å². The van der Waals surface area contributed by atoms with Crippen LogP contribution in [0.5, 0.6) is 0 Å². The number of carbonyl (C=O) groups is 1. The third-order valence-electron chi connectivity index (χ3n) is 4.66. The van der Waals surface area contributed by atoms with E-state index >= 15 is 0 Å². The zero-order valence-corrected chi connectivity index (χ0v) is 17.3. The lowest BCUT2D eigenvalue weighted by atomic mass is 10.1. The largest absolute Gasteiger partial charge is 0.346 e. The third kappa shape index (κ3) is 4.66. The summed E-state index contributed by atoms with van der Waals surface area (Å²) in [4.78, 5) is 12.8. The molecule has 1 N–H and O–H groups in total. The van der Waals surface area contributed by atoms with E-state index in [0.717, 1.165) is 5.56 Å². The van der Waals surface area contributed by atoms with Crippen molar-refractivity contribution in [2.75, 3.05) is 10.8 Å². The molecular formula is C23H24N2O3S. The van der Waals surface area contributed by atoms with Gasteiger partial charge in [-0.1, -0.05) is 54.6 Å². The van der Waals surface area contributed by atoms with Gasteiger partial charge in [0.25, 0.3) is 15.9 Å². The van der Waals surface area contributed by atoms with E-state index in [0.29, 0.717) is 11.3 Å². The molecule has 3 aromatic carbocycles. The summed E-state index contributed by atoms with van der Waals surface area (Å²) < 4.78 is 27.7. The fourth-order valence-electron chi connectivity index (χ4n) is 3.12. The van der Waals surface area contributed by atoms with Crippen LogP contribution in [0, 0.1) is 0 Å². The van der Waals surface area contributed by atoms with Crippen LogP contribution in [0.2, 0.25) is 0 Å². The van der Waals surface area contributed by atoms with Crippen LogP contribution in [-0.4, -0.2) is 20.9 Å². The number of nitrogens with zero attached hydrogens (tertiary/aromatic N) is 1. The van der Waals surface area contributed by atoms with Gasteiger partial charge in [-0.05, 0) is 49.7 Å². The maximum Gasteiger partial charge on any atom is 0.264 e. The number of amides is 1. The molecule has 0 aliphatic rings. The molecule has 0 spiro atoms. The monoisotopic (exact) mass is 408 g/mol. The molecule has 1 amide bonds. The summed E-state index contributed by atoms with van der Waals surface area (Å²) >= 11 is 0. The van der Waals surface area contributed by atoms with Crippen molar-refractivity contribution >= 4 is 21.6 Å². The predicted molar refractivity (Wildman–Crippen MR) is 115 cm³/mol. The van der Waals surface area contributed by atoms with Gasteiger partial charge in [-0.3, -0.25) is 9.10 Å². The summed E-state index contributed by atoms with van der Waals surface area (Å²) in [6.07, 6.45) is 0. The van der Waals surface area contributed by atoms with Crippen molar-refractivity contribution < 1.29 is 13.2 Å². The van der Waals surface area contributed by atoms with Crippen LogP contribution in [0.1, 0.15) is 35.8 Å². The SMILES string of the molecule is CCN(c1ccccc1)S(=O)(=O)c1cccc(C(=O)NC(C)c2ccccc2)c1. The first kappa shape index (κ1) is 20.6. The number of carbonyl (C=O) groups excluding carboxylic acids is 1. The number of nitrogens with one attached hydrogen (secondary N) is 1. The van der Waals surface area contributed by atoms with Gasteiger partial charge in [0.1, 0.15) is 0 Å². The molecule has 0 bridgehead atoms. The number of para-hydroxylation sites is 1. The number of sulfonamides is 1. The normalized spacial score (nSPS) is 12.2. The minimum Gasteiger partial charge on any atom is -0.346 e. The van der Waals surface area contributed by atoms with Crippen LogP contribution in [0.15, 0.2) is 89.8 Å². The Hall–Kier alpha value is -3.12. The quantitative estimate of drug-likeness (QED) is 0.630. The lowest BCUT2D eigenvalue weighted by Crippen LogP contribution is -2.31. The second-order valence-electron chi connectivity index (χ2n) is 6.64. The van der Waals surface area contributed by atoms with E-state index in [1.54, 1.807) is 43.3 Å². The maximum absolute atomic E-state index is 13.2. The van der Waals surface area contributed by atoms with Gasteiger partial charge in [0.05, 0.1) is 16.6 Å². The fourth-order valence-corrected chi connectivity index (χ4v) is 4.64. The first-order chi connectivity index (χ1) is 13.9. The molecule has 0 fully saturated rings. The average Bonchev–Trinajstić information content (AvgIpc) is 2.75. The Morgan fingerprint density at radius 2 is 1.55 bits per heavy atom. The molecule has 6 heteroatoms. The Kier molecular flexibility index (Phi) is 6.34. The fraction of sp³-hybridized carbons (Fsp3) is 0.174. The summed E-state index contributed by atoms with van der Waals surface area (Å²) in [5, 5.41) is 2.92. The first-order valence-electron chi connectivity index (χ1n) is 9.47. The Bertz CT molecular complexity index is 1070.